The Morgan fingerprint density at radius 2 is 1.91 bits per heavy atom. The van der Waals surface area contributed by atoms with E-state index in [2.05, 4.69) is 9.88 Å². The molecule has 1 aromatic heterocycles. The fourth-order valence-electron chi connectivity index (χ4n) is 3.77. The maximum absolute atomic E-state index is 12.5. The van der Waals surface area contributed by atoms with Gasteiger partial charge in [0.15, 0.2) is 11.4 Å². The third kappa shape index (κ3) is 5.55. The Balaban J connectivity index is 1.23. The molecule has 9 nitrogen and oxygen atoms in total. The predicted molar refractivity (Wildman–Crippen MR) is 122 cm³/mol. The molecule has 0 atom stereocenters. The zero-order chi connectivity index (χ0) is 23.4. The van der Waals surface area contributed by atoms with Crippen LogP contribution in [0.25, 0.3) is 11.1 Å². The van der Waals surface area contributed by atoms with Crippen LogP contribution >= 0.6 is 11.6 Å². The van der Waals surface area contributed by atoms with E-state index in [1.54, 1.807) is 48.4 Å². The van der Waals surface area contributed by atoms with Crippen molar-refractivity contribution in [3.05, 3.63) is 63.1 Å². The summed E-state index contributed by atoms with van der Waals surface area (Å²) in [5.41, 5.74) is 2.14. The topological polar surface area (TPSA) is 105 Å². The number of piperazine rings is 1. The van der Waals surface area contributed by atoms with E-state index in [9.17, 15) is 14.4 Å². The number of ether oxygens (including phenoxy) is 2. The number of H-pyrrole nitrogens is 1. The van der Waals surface area contributed by atoms with Crippen LogP contribution in [0, 0.1) is 0 Å². The highest BCUT2D eigenvalue weighted by Gasteiger charge is 2.23. The number of carbonyl (C=O) groups excluding carboxylic acids is 2. The van der Waals surface area contributed by atoms with Gasteiger partial charge in [0, 0.05) is 55.3 Å². The average Bonchev–Trinajstić information content (AvgIpc) is 3.20. The van der Waals surface area contributed by atoms with Gasteiger partial charge in [-0.15, -0.1) is 0 Å². The number of methoxy groups -OCH3 is 1. The second-order valence-electron chi connectivity index (χ2n) is 7.74. The summed E-state index contributed by atoms with van der Waals surface area (Å²) in [6.07, 6.45) is -0.0619. The Morgan fingerprint density at radius 3 is 2.67 bits per heavy atom. The molecule has 1 N–H and O–H groups in total. The van der Waals surface area contributed by atoms with E-state index in [1.165, 1.54) is 0 Å². The third-order valence-corrected chi connectivity index (χ3v) is 5.86. The molecular formula is C23H24ClN3O6. The lowest BCUT2D eigenvalue weighted by atomic mass is 10.1. The molecule has 1 amide bonds. The summed E-state index contributed by atoms with van der Waals surface area (Å²) in [4.78, 5) is 42.6. The molecule has 1 aliphatic heterocycles. The summed E-state index contributed by atoms with van der Waals surface area (Å²) in [6.45, 7) is 2.98. The second kappa shape index (κ2) is 10.1. The van der Waals surface area contributed by atoms with Gasteiger partial charge in [0.1, 0.15) is 12.4 Å². The van der Waals surface area contributed by atoms with Crippen LogP contribution in [0.2, 0.25) is 5.02 Å². The molecule has 3 aromatic rings. The molecule has 1 aliphatic rings. The van der Waals surface area contributed by atoms with Crippen LogP contribution in [0.3, 0.4) is 0 Å². The van der Waals surface area contributed by atoms with Crippen molar-refractivity contribution < 1.29 is 23.5 Å². The normalized spacial score (nSPS) is 14.4. The summed E-state index contributed by atoms with van der Waals surface area (Å²) in [5, 5.41) is 0.544. The van der Waals surface area contributed by atoms with Crippen LogP contribution in [0.1, 0.15) is 22.3 Å². The minimum absolute atomic E-state index is 0.0296. The lowest BCUT2D eigenvalue weighted by Crippen LogP contribution is -2.49. The van der Waals surface area contributed by atoms with Crippen LogP contribution in [0.15, 0.2) is 45.6 Å². The highest BCUT2D eigenvalue weighted by Crippen LogP contribution is 2.23. The maximum Gasteiger partial charge on any atom is 0.417 e. The third-order valence-electron chi connectivity index (χ3n) is 5.62. The molecule has 1 fully saturated rings. The zero-order valence-corrected chi connectivity index (χ0v) is 18.9. The van der Waals surface area contributed by atoms with E-state index < -0.39 is 11.8 Å². The van der Waals surface area contributed by atoms with E-state index >= 15 is 0 Å². The van der Waals surface area contributed by atoms with Gasteiger partial charge < -0.3 is 18.8 Å². The first kappa shape index (κ1) is 22.9. The zero-order valence-electron chi connectivity index (χ0n) is 18.1. The first-order valence-corrected chi connectivity index (χ1v) is 10.9. The number of nitrogens with one attached hydrogen (secondary N) is 1. The number of aromatic amines is 1. The molecule has 2 heterocycles. The number of nitrogens with zero attached hydrogens (tertiary/aromatic N) is 2. The van der Waals surface area contributed by atoms with Crippen molar-refractivity contribution in [2.45, 2.75) is 13.0 Å². The van der Waals surface area contributed by atoms with Gasteiger partial charge in [-0.25, -0.2) is 9.59 Å². The predicted octanol–water partition coefficient (Wildman–Crippen LogP) is 3.31. The fourth-order valence-corrected chi connectivity index (χ4v) is 3.96. The quantitative estimate of drug-likeness (QED) is 0.525. The molecule has 0 bridgehead atoms. The van der Waals surface area contributed by atoms with Crippen LogP contribution in [0.5, 0.6) is 5.75 Å². The van der Waals surface area contributed by atoms with E-state index in [4.69, 9.17) is 25.5 Å². The summed E-state index contributed by atoms with van der Waals surface area (Å²) >= 11 is 6.02. The number of carbonyl (C=O) groups is 2. The number of halogens is 1. The van der Waals surface area contributed by atoms with E-state index in [1.807, 2.05) is 0 Å². The number of aromatic nitrogens is 1. The first-order chi connectivity index (χ1) is 15.9. The highest BCUT2D eigenvalue weighted by molar-refractivity contribution is 6.30. The number of hydrogen-bond donors (Lipinski definition) is 1. The van der Waals surface area contributed by atoms with Gasteiger partial charge in [0.05, 0.1) is 12.6 Å². The van der Waals surface area contributed by atoms with Gasteiger partial charge in [-0.05, 0) is 36.4 Å². The van der Waals surface area contributed by atoms with E-state index in [0.29, 0.717) is 72.1 Å². The highest BCUT2D eigenvalue weighted by atomic mass is 35.5. The summed E-state index contributed by atoms with van der Waals surface area (Å²) in [5.74, 6) is 0.0373. The molecule has 33 heavy (non-hydrogen) atoms. The van der Waals surface area contributed by atoms with Crippen LogP contribution < -0.4 is 10.5 Å². The minimum Gasteiger partial charge on any atom is -0.496 e. The number of rotatable bonds is 7. The lowest BCUT2D eigenvalue weighted by Gasteiger charge is -2.34. The number of amides is 1. The SMILES string of the molecule is COc1ccc(Cl)cc1COC(=O)N1CCN(CCC(=O)c2ccc3[nH]c(=O)oc3c2)CC1. The lowest BCUT2D eigenvalue weighted by molar-refractivity contribution is 0.0692. The molecular weight excluding hydrogens is 450 g/mol. The number of fused-ring (bicyclic) bond motifs is 1. The van der Waals surface area contributed by atoms with Crippen LogP contribution in [0.4, 0.5) is 4.79 Å². The summed E-state index contributed by atoms with van der Waals surface area (Å²) in [6, 6.07) is 10.1. The van der Waals surface area contributed by atoms with Crippen molar-refractivity contribution in [2.75, 3.05) is 39.8 Å². The fraction of sp³-hybridized carbons (Fsp3) is 0.348. The molecule has 4 rings (SSSR count). The first-order valence-electron chi connectivity index (χ1n) is 10.6. The number of oxazole rings is 1. The van der Waals surface area contributed by atoms with Gasteiger partial charge in [0.2, 0.25) is 0 Å². The van der Waals surface area contributed by atoms with Gasteiger partial charge in [-0.3, -0.25) is 14.7 Å². The van der Waals surface area contributed by atoms with Gasteiger partial charge in [-0.2, -0.15) is 0 Å². The maximum atomic E-state index is 12.5. The van der Waals surface area contributed by atoms with Crippen LogP contribution in [-0.2, 0) is 11.3 Å². The molecule has 0 saturated carbocycles. The summed E-state index contributed by atoms with van der Waals surface area (Å²) in [7, 11) is 1.55. The van der Waals surface area contributed by atoms with Crippen molar-refractivity contribution in [1.82, 2.24) is 14.8 Å². The van der Waals surface area contributed by atoms with Crippen LogP contribution in [-0.4, -0.2) is 66.5 Å². The summed E-state index contributed by atoms with van der Waals surface area (Å²) < 4.78 is 15.7. The molecule has 2 aromatic carbocycles. The molecule has 1 saturated heterocycles. The second-order valence-corrected chi connectivity index (χ2v) is 8.17. The van der Waals surface area contributed by atoms with E-state index in [-0.39, 0.29) is 12.4 Å². The molecule has 0 spiro atoms. The Bertz CT molecular complexity index is 1210. The Labute approximate surface area is 194 Å². The molecule has 0 radical (unpaired) electrons. The van der Waals surface area contributed by atoms with Crippen molar-refractivity contribution in [3.63, 3.8) is 0 Å². The largest absolute Gasteiger partial charge is 0.496 e. The van der Waals surface area contributed by atoms with Crippen molar-refractivity contribution in [3.8, 4) is 5.75 Å². The average molecular weight is 474 g/mol. The number of benzene rings is 2. The molecule has 0 aliphatic carbocycles. The Morgan fingerprint density at radius 1 is 1.12 bits per heavy atom. The van der Waals surface area contributed by atoms with Crippen molar-refractivity contribution >= 4 is 34.6 Å². The molecule has 0 unspecified atom stereocenters. The molecule has 10 heteroatoms. The number of hydrogen-bond acceptors (Lipinski definition) is 7. The van der Waals surface area contributed by atoms with Gasteiger partial charge >= 0.3 is 11.8 Å². The van der Waals surface area contributed by atoms with Crippen molar-refractivity contribution in [2.24, 2.45) is 0 Å². The monoisotopic (exact) mass is 473 g/mol. The Kier molecular flexibility index (Phi) is 7.00. The Hall–Kier alpha value is -3.30. The number of Topliss-reactive ketones (excluding diaryl/α,β-unsaturated/α-hetero) is 1. The van der Waals surface area contributed by atoms with E-state index in [0.717, 1.165) is 0 Å². The smallest absolute Gasteiger partial charge is 0.417 e. The van der Waals surface area contributed by atoms with Gasteiger partial charge in [0.25, 0.3) is 0 Å². The minimum atomic E-state index is -0.544. The number of ketones is 1. The standard InChI is InChI=1S/C23H24ClN3O6/c1-31-20-5-3-17(24)12-16(20)14-32-23(30)27-10-8-26(9-11-27)7-6-19(28)15-2-4-18-21(13-15)33-22(29)25-18/h2-5,12-13H,6-11,14H2,1H3,(H,25,29). The van der Waals surface area contributed by atoms with Gasteiger partial charge in [-0.1, -0.05) is 11.6 Å². The van der Waals surface area contributed by atoms with Crippen molar-refractivity contribution in [1.29, 1.82) is 0 Å². The molecule has 174 valence electrons.